The van der Waals surface area contributed by atoms with E-state index in [1.165, 1.54) is 37.1 Å². The van der Waals surface area contributed by atoms with Gasteiger partial charge in [0.25, 0.3) is 0 Å². The normalized spacial score (nSPS) is 21.5. The standard InChI is InChI=1S/4C24H25FN6O/c3*1-12-3-4-16(10-28-12)32-24-29-21-9-17-18(6-14(25)7-20(17)27-2)22(21)23(30-24)31-11-13-5-15(31)8-19(13)26;1-14-3-4-16(12-27-14)32-23-29-20-11-17-18(9-15(25)10-19(17)26-2)21(20)22(30-23)31-8-7-28-24(13-31)5-6-24/h3*3-4,6-7,10,13,15,19,27H,5,8-9,11,26H2,1-2H3;3-4,9-10,12,26,28H,5-8,11,13H2,1-2H3/t2*13?,15?,19-;13?,15-,19-;/m101./s1. The third-order valence-corrected chi connectivity index (χ3v) is 27.7. The number of hydrogen-bond donors (Lipinski definition) is 8. The molecule has 5 unspecified atom stereocenters. The molecule has 4 aliphatic heterocycles. The van der Waals surface area contributed by atoms with Crippen molar-refractivity contribution in [3.8, 4) is 91.5 Å². The Morgan fingerprint density at radius 3 is 0.898 bits per heavy atom. The number of ether oxygens (including phenoxy) is 4. The molecule has 32 heteroatoms. The van der Waals surface area contributed by atoms with Crippen molar-refractivity contribution in [2.24, 2.45) is 35.0 Å². The number of nitrogens with one attached hydrogen (secondary N) is 5. The number of nitrogens with zero attached hydrogens (tertiary/aromatic N) is 16. The molecule has 1 spiro atoms. The molecule has 24 rings (SSSR count). The van der Waals surface area contributed by atoms with Crippen molar-refractivity contribution in [1.82, 2.24) is 65.1 Å². The van der Waals surface area contributed by atoms with Crippen molar-refractivity contribution in [3.05, 3.63) is 213 Å². The van der Waals surface area contributed by atoms with Gasteiger partial charge >= 0.3 is 24.0 Å². The van der Waals surface area contributed by atoms with E-state index in [9.17, 15) is 17.6 Å². The maximum Gasteiger partial charge on any atom is 0.324 e. The number of aromatic nitrogens is 12. The Labute approximate surface area is 738 Å². The van der Waals surface area contributed by atoms with Crippen molar-refractivity contribution in [3.63, 3.8) is 0 Å². The maximum atomic E-state index is 14.5. The minimum absolute atomic E-state index is 0.178. The van der Waals surface area contributed by atoms with Gasteiger partial charge in [0.1, 0.15) is 69.5 Å². The first kappa shape index (κ1) is 82.0. The predicted molar refractivity (Wildman–Crippen MR) is 483 cm³/mol. The Balaban J connectivity index is 0.000000104. The van der Waals surface area contributed by atoms with Crippen LogP contribution in [0, 0.1) is 68.7 Å². The minimum Gasteiger partial charge on any atom is -0.423 e. The second kappa shape index (κ2) is 32.7. The fourth-order valence-corrected chi connectivity index (χ4v) is 21.2. The number of piperazine rings is 1. The molecular weight excluding hydrogens is 1630 g/mol. The van der Waals surface area contributed by atoms with E-state index in [4.69, 9.17) is 76.0 Å². The number of pyridine rings is 4. The molecule has 0 amide bonds. The predicted octanol–water partition coefficient (Wildman–Crippen LogP) is 14.6. The second-order valence-electron chi connectivity index (χ2n) is 35.9. The summed E-state index contributed by atoms with van der Waals surface area (Å²) in [7, 11) is 7.25. The lowest BCUT2D eigenvalue weighted by Gasteiger charge is -2.35. The van der Waals surface area contributed by atoms with Crippen molar-refractivity contribution in [2.75, 3.05) is 108 Å². The van der Waals surface area contributed by atoms with Gasteiger partial charge in [-0.3, -0.25) is 19.9 Å². The molecule has 8 aliphatic carbocycles. The van der Waals surface area contributed by atoms with Crippen molar-refractivity contribution < 1.29 is 36.5 Å². The van der Waals surface area contributed by atoms with E-state index in [1.807, 2.05) is 104 Å². The lowest BCUT2D eigenvalue weighted by atomic mass is 10.0. The van der Waals surface area contributed by atoms with Crippen LogP contribution in [0.2, 0.25) is 0 Å². The van der Waals surface area contributed by atoms with E-state index in [0.717, 1.165) is 236 Å². The fourth-order valence-electron chi connectivity index (χ4n) is 21.2. The van der Waals surface area contributed by atoms with Crippen LogP contribution in [0.15, 0.2) is 122 Å². The Hall–Kier alpha value is -13.0. The second-order valence-corrected chi connectivity index (χ2v) is 35.9. The van der Waals surface area contributed by atoms with Crippen LogP contribution in [0.3, 0.4) is 0 Å². The Morgan fingerprint density at radius 2 is 0.656 bits per heavy atom. The molecule has 4 aromatic carbocycles. The summed E-state index contributed by atoms with van der Waals surface area (Å²) >= 11 is 0. The molecular formula is C96H100F4N24O4. The number of hydrogen-bond acceptors (Lipinski definition) is 28. The van der Waals surface area contributed by atoms with Gasteiger partial charge in [-0.2, -0.15) is 39.9 Å². The molecule has 8 fully saturated rings. The van der Waals surface area contributed by atoms with E-state index in [0.29, 0.717) is 90.6 Å². The van der Waals surface area contributed by atoms with Crippen molar-refractivity contribution in [2.45, 2.75) is 147 Å². The molecule has 9 atom stereocenters. The van der Waals surface area contributed by atoms with E-state index in [2.05, 4.69) is 66.1 Å². The van der Waals surface area contributed by atoms with Gasteiger partial charge in [0, 0.05) is 203 Å². The van der Waals surface area contributed by atoms with Gasteiger partial charge in [-0.1, -0.05) is 0 Å². The summed E-state index contributed by atoms with van der Waals surface area (Å²) in [6.07, 6.45) is 17.5. The molecule has 128 heavy (non-hydrogen) atoms. The number of benzene rings is 4. The quantitative estimate of drug-likeness (QED) is 0.0417. The SMILES string of the molecule is CNc1cc(F)cc2c1Cc1nc(Oc3ccc(C)nc3)nc(N3CC4CC3C[C@@H]4N)c1-2.CNc1cc(F)cc2c1Cc1nc(Oc3ccc(C)nc3)nc(N3CC4CC3C[C@H]4N)c1-2.CNc1cc(F)cc2c1Cc1nc(Oc3ccc(C)nc3)nc(N3CC4C[C@@H]3C[C@H]4N)c1-2.CNc1cc(F)cc2c1Cc1nc(Oc3ccc(C)nc3)nc(N3CCNC4(CC4)C3)c1-2. The lowest BCUT2D eigenvalue weighted by Crippen LogP contribution is -2.53. The summed E-state index contributed by atoms with van der Waals surface area (Å²) < 4.78 is 81.9. The molecule has 28 nitrogen and oxygen atoms in total. The van der Waals surface area contributed by atoms with Gasteiger partial charge in [-0.25, -0.2) is 17.6 Å². The van der Waals surface area contributed by atoms with Crippen LogP contribution in [-0.4, -0.2) is 169 Å². The lowest BCUT2D eigenvalue weighted by molar-refractivity contribution is 0.425. The zero-order chi connectivity index (χ0) is 87.8. The molecule has 6 bridgehead atoms. The summed E-state index contributed by atoms with van der Waals surface area (Å²) in [5, 5.41) is 16.2. The topological polar surface area (TPSA) is 343 Å². The third kappa shape index (κ3) is 15.3. The zero-order valence-electron chi connectivity index (χ0n) is 72.5. The number of fused-ring (bicyclic) bond motifs is 18. The minimum atomic E-state index is -0.275. The molecule has 12 heterocycles. The summed E-state index contributed by atoms with van der Waals surface area (Å²) in [4.78, 5) is 64.9. The third-order valence-electron chi connectivity index (χ3n) is 27.7. The van der Waals surface area contributed by atoms with E-state index < -0.39 is 0 Å². The molecule has 656 valence electrons. The Bertz CT molecular complexity index is 5920. The van der Waals surface area contributed by atoms with Crippen LogP contribution in [0.5, 0.6) is 47.0 Å². The first-order valence-electron chi connectivity index (χ1n) is 44.2. The molecule has 4 saturated carbocycles. The van der Waals surface area contributed by atoms with Crippen LogP contribution in [-0.2, 0) is 25.7 Å². The van der Waals surface area contributed by atoms with Gasteiger partial charge < -0.3 is 82.3 Å². The van der Waals surface area contributed by atoms with Crippen LogP contribution in [0.1, 0.15) is 119 Å². The van der Waals surface area contributed by atoms with Gasteiger partial charge in [0.05, 0.1) is 47.6 Å². The number of halogens is 4. The average molecular weight is 1730 g/mol. The van der Waals surface area contributed by atoms with Crippen molar-refractivity contribution >= 4 is 46.0 Å². The Morgan fingerprint density at radius 1 is 0.375 bits per heavy atom. The molecule has 0 radical (unpaired) electrons. The highest BCUT2D eigenvalue weighted by atomic mass is 19.1. The molecule has 12 aromatic rings. The van der Waals surface area contributed by atoms with Crippen LogP contribution < -0.4 is 82.3 Å². The van der Waals surface area contributed by atoms with Gasteiger partial charge in [-0.15, -0.1) is 0 Å². The summed E-state index contributed by atoms with van der Waals surface area (Å²) in [6, 6.07) is 30.4. The van der Waals surface area contributed by atoms with Gasteiger partial charge in [-0.05, 0) is 238 Å². The number of aryl methyl sites for hydroxylation is 4. The first-order valence-corrected chi connectivity index (χ1v) is 44.2. The number of piperidine rings is 3. The largest absolute Gasteiger partial charge is 0.423 e. The van der Waals surface area contributed by atoms with Crippen LogP contribution >= 0.6 is 0 Å². The molecule has 11 N–H and O–H groups in total. The number of anilines is 8. The number of rotatable bonds is 16. The van der Waals surface area contributed by atoms with Gasteiger partial charge in [0.15, 0.2) is 0 Å². The molecule has 4 saturated heterocycles. The Kier molecular flexibility index (Phi) is 20.9. The summed E-state index contributed by atoms with van der Waals surface area (Å²) in [6.45, 7) is 12.9. The molecule has 12 aliphatic rings. The average Bonchev–Trinajstić information content (AvgIpc) is 1.59. The smallest absolute Gasteiger partial charge is 0.324 e. The summed E-state index contributed by atoms with van der Waals surface area (Å²) in [5.74, 6) is 5.90. The summed E-state index contributed by atoms with van der Waals surface area (Å²) in [5.41, 5.74) is 40.5. The fraction of sp³-hybridized carbons (Fsp3) is 0.375. The first-order chi connectivity index (χ1) is 62.0. The highest BCUT2D eigenvalue weighted by molar-refractivity contribution is 5.92. The van der Waals surface area contributed by atoms with E-state index >= 15 is 0 Å². The monoisotopic (exact) mass is 1730 g/mol. The van der Waals surface area contributed by atoms with E-state index in [-0.39, 0.29) is 65.0 Å². The van der Waals surface area contributed by atoms with Crippen LogP contribution in [0.25, 0.3) is 44.5 Å². The van der Waals surface area contributed by atoms with E-state index in [1.54, 1.807) is 49.1 Å². The van der Waals surface area contributed by atoms with Crippen molar-refractivity contribution in [1.29, 1.82) is 0 Å². The highest BCUT2D eigenvalue weighted by Crippen LogP contribution is 2.55. The molecule has 8 aromatic heterocycles. The number of nitrogens with two attached hydrogens (primary N) is 3. The maximum absolute atomic E-state index is 14.5. The van der Waals surface area contributed by atoms with Crippen LogP contribution in [0.4, 0.5) is 63.6 Å². The zero-order valence-corrected chi connectivity index (χ0v) is 72.5. The highest BCUT2D eigenvalue weighted by Gasteiger charge is 2.51. The van der Waals surface area contributed by atoms with Gasteiger partial charge in [0.2, 0.25) is 0 Å².